The Morgan fingerprint density at radius 1 is 1.12 bits per heavy atom. The Balaban J connectivity index is 0.000000526. The van der Waals surface area contributed by atoms with E-state index >= 15 is 0 Å². The maximum atomic E-state index is 11.6. The fourth-order valence-electron chi connectivity index (χ4n) is 2.75. The van der Waals surface area contributed by atoms with Gasteiger partial charge in [0.25, 0.3) is 0 Å². The van der Waals surface area contributed by atoms with Crippen LogP contribution in [0.15, 0.2) is 12.1 Å². The van der Waals surface area contributed by atoms with Gasteiger partial charge >= 0.3 is 0 Å². The van der Waals surface area contributed by atoms with Crippen LogP contribution in [-0.2, 0) is 6.42 Å². The molecule has 0 aliphatic carbocycles. The summed E-state index contributed by atoms with van der Waals surface area (Å²) in [6.07, 6.45) is 5.66. The second-order valence-corrected chi connectivity index (χ2v) is 6.95. The van der Waals surface area contributed by atoms with E-state index < -0.39 is 0 Å². The second kappa shape index (κ2) is 14.8. The molecular formula is C23H41NO2. The van der Waals surface area contributed by atoms with Gasteiger partial charge in [0, 0.05) is 5.56 Å². The standard InChI is InChI=1S/C14H18O2.C6H15N.C3H8/c1-4-11-7-14-12(8-13(11)10(3)15)9(2)5-6-16-14;1-3-5-7-6-4-2;1-3-2/h7-9H,4-6H2,1-3H3;7H,3-6H2,1-2H3;3H2,1-2H3. The molecule has 0 saturated carbocycles. The van der Waals surface area contributed by atoms with Crippen molar-refractivity contribution in [2.24, 2.45) is 0 Å². The first-order valence-corrected chi connectivity index (χ1v) is 10.5. The number of benzene rings is 1. The average molecular weight is 364 g/mol. The predicted octanol–water partition coefficient (Wildman–Crippen LogP) is 6.15. The molecule has 0 bridgehead atoms. The van der Waals surface area contributed by atoms with Crippen LogP contribution in [0, 0.1) is 0 Å². The van der Waals surface area contributed by atoms with Crippen molar-refractivity contribution in [3.8, 4) is 5.75 Å². The van der Waals surface area contributed by atoms with Gasteiger partial charge in [-0.25, -0.2) is 0 Å². The normalized spacial score (nSPS) is 14.8. The summed E-state index contributed by atoms with van der Waals surface area (Å²) in [6, 6.07) is 4.07. The van der Waals surface area contributed by atoms with Crippen LogP contribution in [0.1, 0.15) is 102 Å². The van der Waals surface area contributed by atoms with Crippen molar-refractivity contribution in [1.82, 2.24) is 5.32 Å². The number of rotatable bonds is 6. The molecule has 1 aromatic rings. The van der Waals surface area contributed by atoms with Gasteiger partial charge in [-0.1, -0.05) is 48.0 Å². The van der Waals surface area contributed by atoms with Crippen molar-refractivity contribution < 1.29 is 9.53 Å². The lowest BCUT2D eigenvalue weighted by Gasteiger charge is -2.24. The van der Waals surface area contributed by atoms with Crippen molar-refractivity contribution in [2.45, 2.75) is 86.5 Å². The smallest absolute Gasteiger partial charge is 0.160 e. The van der Waals surface area contributed by atoms with Gasteiger partial charge < -0.3 is 10.1 Å². The molecule has 1 N–H and O–H groups in total. The molecule has 1 heterocycles. The molecule has 2 rings (SSSR count). The number of carbonyl (C=O) groups is 1. The van der Waals surface area contributed by atoms with E-state index in [0.717, 1.165) is 36.3 Å². The number of aryl methyl sites for hydroxylation is 1. The lowest BCUT2D eigenvalue weighted by atomic mass is 9.90. The number of ketones is 1. The molecule has 1 aromatic carbocycles. The second-order valence-electron chi connectivity index (χ2n) is 6.95. The average Bonchev–Trinajstić information content (AvgIpc) is 2.62. The molecule has 3 heteroatoms. The van der Waals surface area contributed by atoms with Crippen LogP contribution in [0.2, 0.25) is 0 Å². The minimum atomic E-state index is 0.150. The maximum Gasteiger partial charge on any atom is 0.160 e. The zero-order valence-electron chi connectivity index (χ0n) is 18.2. The number of fused-ring (bicyclic) bond motifs is 1. The van der Waals surface area contributed by atoms with Crippen molar-refractivity contribution in [1.29, 1.82) is 0 Å². The molecule has 1 unspecified atom stereocenters. The van der Waals surface area contributed by atoms with E-state index in [4.69, 9.17) is 4.74 Å². The van der Waals surface area contributed by atoms with E-state index in [-0.39, 0.29) is 5.78 Å². The minimum absolute atomic E-state index is 0.150. The Morgan fingerprint density at radius 2 is 1.69 bits per heavy atom. The summed E-state index contributed by atoms with van der Waals surface area (Å²) in [5.41, 5.74) is 3.15. The largest absolute Gasteiger partial charge is 0.493 e. The van der Waals surface area contributed by atoms with Crippen LogP contribution >= 0.6 is 0 Å². The third-order valence-corrected chi connectivity index (χ3v) is 4.19. The van der Waals surface area contributed by atoms with Crippen LogP contribution < -0.4 is 10.1 Å². The summed E-state index contributed by atoms with van der Waals surface area (Å²) in [4.78, 5) is 11.6. The zero-order valence-corrected chi connectivity index (χ0v) is 18.2. The Morgan fingerprint density at radius 3 is 2.15 bits per heavy atom. The van der Waals surface area contributed by atoms with Gasteiger partial charge in [0.15, 0.2) is 5.78 Å². The highest BCUT2D eigenvalue weighted by atomic mass is 16.5. The van der Waals surface area contributed by atoms with Gasteiger partial charge in [0.2, 0.25) is 0 Å². The molecule has 0 fully saturated rings. The molecule has 0 saturated heterocycles. The lowest BCUT2D eigenvalue weighted by molar-refractivity contribution is 0.101. The molecular weight excluding hydrogens is 322 g/mol. The lowest BCUT2D eigenvalue weighted by Crippen LogP contribution is -2.14. The van der Waals surface area contributed by atoms with E-state index in [2.05, 4.69) is 46.9 Å². The minimum Gasteiger partial charge on any atom is -0.493 e. The highest BCUT2D eigenvalue weighted by molar-refractivity contribution is 5.96. The summed E-state index contributed by atoms with van der Waals surface area (Å²) in [7, 11) is 0. The summed E-state index contributed by atoms with van der Waals surface area (Å²) >= 11 is 0. The number of ether oxygens (including phenoxy) is 1. The Labute approximate surface area is 161 Å². The quantitative estimate of drug-likeness (QED) is 0.486. The number of nitrogens with one attached hydrogen (secondary N) is 1. The molecule has 0 spiro atoms. The molecule has 150 valence electrons. The molecule has 0 aromatic heterocycles. The van der Waals surface area contributed by atoms with Crippen molar-refractivity contribution in [3.05, 3.63) is 28.8 Å². The molecule has 3 nitrogen and oxygen atoms in total. The summed E-state index contributed by atoms with van der Waals surface area (Å²) in [5, 5.41) is 3.28. The van der Waals surface area contributed by atoms with Gasteiger partial charge in [0.05, 0.1) is 6.61 Å². The number of Topliss-reactive ketones (excluding diaryl/α,β-unsaturated/α-hetero) is 1. The van der Waals surface area contributed by atoms with Crippen molar-refractivity contribution in [3.63, 3.8) is 0 Å². The van der Waals surface area contributed by atoms with Gasteiger partial charge in [-0.15, -0.1) is 0 Å². The van der Waals surface area contributed by atoms with Crippen LogP contribution in [-0.4, -0.2) is 25.5 Å². The zero-order chi connectivity index (χ0) is 19.9. The van der Waals surface area contributed by atoms with Crippen LogP contribution in [0.25, 0.3) is 0 Å². The number of hydrogen-bond donors (Lipinski definition) is 1. The SMILES string of the molecule is CCC.CCCNCCC.CCc1cc2c(cc1C(C)=O)C(C)CCO2. The van der Waals surface area contributed by atoms with E-state index in [1.165, 1.54) is 37.9 Å². The maximum absolute atomic E-state index is 11.6. The Hall–Kier alpha value is -1.35. The topological polar surface area (TPSA) is 38.3 Å². The molecule has 26 heavy (non-hydrogen) atoms. The van der Waals surface area contributed by atoms with Crippen molar-refractivity contribution in [2.75, 3.05) is 19.7 Å². The van der Waals surface area contributed by atoms with E-state index in [1.54, 1.807) is 6.92 Å². The summed E-state index contributed by atoms with van der Waals surface area (Å²) in [5.74, 6) is 1.62. The third-order valence-electron chi connectivity index (χ3n) is 4.19. The van der Waals surface area contributed by atoms with Gasteiger partial charge in [-0.05, 0) is 74.9 Å². The van der Waals surface area contributed by atoms with Gasteiger partial charge in [0.1, 0.15) is 5.75 Å². The fourth-order valence-corrected chi connectivity index (χ4v) is 2.75. The fraction of sp³-hybridized carbons (Fsp3) is 0.696. The van der Waals surface area contributed by atoms with Crippen LogP contribution in [0.4, 0.5) is 0 Å². The van der Waals surface area contributed by atoms with Gasteiger partial charge in [-0.2, -0.15) is 0 Å². The predicted molar refractivity (Wildman–Crippen MR) is 114 cm³/mol. The van der Waals surface area contributed by atoms with Gasteiger partial charge in [-0.3, -0.25) is 4.79 Å². The highest BCUT2D eigenvalue weighted by Gasteiger charge is 2.20. The van der Waals surface area contributed by atoms with E-state index in [9.17, 15) is 4.79 Å². The summed E-state index contributed by atoms with van der Waals surface area (Å²) < 4.78 is 5.66. The number of carbonyl (C=O) groups excluding carboxylic acids is 1. The molecule has 1 aliphatic rings. The number of hydrogen-bond acceptors (Lipinski definition) is 3. The monoisotopic (exact) mass is 363 g/mol. The van der Waals surface area contributed by atoms with Crippen LogP contribution in [0.5, 0.6) is 5.75 Å². The molecule has 1 aliphatic heterocycles. The van der Waals surface area contributed by atoms with Crippen LogP contribution in [0.3, 0.4) is 0 Å². The van der Waals surface area contributed by atoms with E-state index in [1.807, 2.05) is 12.1 Å². The first-order chi connectivity index (χ1) is 12.5. The first kappa shape index (κ1) is 24.7. The third kappa shape index (κ3) is 8.84. The highest BCUT2D eigenvalue weighted by Crippen LogP contribution is 2.35. The Kier molecular flexibility index (Phi) is 14.0. The van der Waals surface area contributed by atoms with Crippen molar-refractivity contribution >= 4 is 5.78 Å². The first-order valence-electron chi connectivity index (χ1n) is 10.5. The molecule has 1 atom stereocenters. The molecule has 0 radical (unpaired) electrons. The summed E-state index contributed by atoms with van der Waals surface area (Å²) in [6.45, 7) is 17.6. The van der Waals surface area contributed by atoms with E-state index in [0.29, 0.717) is 5.92 Å². The Bertz CT molecular complexity index is 507. The molecule has 0 amide bonds.